The standard InChI is InChI=1S/C24H20/c1-2-8-17(9-3-1)23-16-24-19-11-5-4-10-18(19)14-15-22(24)20-12-6-7-13-21(20)23/h1-6,8-12,14-15,23H,7,13,16H2. The highest BCUT2D eigenvalue weighted by atomic mass is 14.3. The Morgan fingerprint density at radius 3 is 2.54 bits per heavy atom. The number of allylic oxidation sites excluding steroid dienone is 4. The molecule has 116 valence electrons. The molecule has 0 aromatic heterocycles. The number of fused-ring (bicyclic) bond motifs is 4. The molecule has 0 aliphatic heterocycles. The first kappa shape index (κ1) is 13.8. The molecule has 0 amide bonds. The Hall–Kier alpha value is -2.60. The van der Waals surface area contributed by atoms with E-state index < -0.39 is 0 Å². The van der Waals surface area contributed by atoms with Crippen molar-refractivity contribution in [2.45, 2.75) is 25.2 Å². The second-order valence-electron chi connectivity index (χ2n) is 6.86. The number of benzene rings is 3. The first-order valence-corrected chi connectivity index (χ1v) is 8.87. The van der Waals surface area contributed by atoms with Gasteiger partial charge in [0.15, 0.2) is 0 Å². The second kappa shape index (κ2) is 5.49. The highest BCUT2D eigenvalue weighted by Crippen LogP contribution is 2.46. The van der Waals surface area contributed by atoms with Gasteiger partial charge in [0, 0.05) is 5.92 Å². The molecule has 0 saturated heterocycles. The van der Waals surface area contributed by atoms with Crippen LogP contribution in [-0.2, 0) is 6.42 Å². The average Bonchev–Trinajstić information content (AvgIpc) is 2.67. The van der Waals surface area contributed by atoms with E-state index in [1.807, 2.05) is 0 Å². The Morgan fingerprint density at radius 2 is 1.62 bits per heavy atom. The lowest BCUT2D eigenvalue weighted by Crippen LogP contribution is -2.16. The lowest BCUT2D eigenvalue weighted by Gasteiger charge is -2.32. The zero-order valence-electron chi connectivity index (χ0n) is 13.7. The first-order chi connectivity index (χ1) is 11.9. The molecule has 1 atom stereocenters. The monoisotopic (exact) mass is 308 g/mol. The van der Waals surface area contributed by atoms with Crippen LogP contribution in [0.5, 0.6) is 0 Å². The fourth-order valence-electron chi connectivity index (χ4n) is 4.45. The molecule has 3 aromatic carbocycles. The van der Waals surface area contributed by atoms with Crippen LogP contribution in [0, 0.1) is 0 Å². The summed E-state index contributed by atoms with van der Waals surface area (Å²) in [6.07, 6.45) is 8.18. The normalized spacial score (nSPS) is 19.2. The zero-order valence-corrected chi connectivity index (χ0v) is 13.7. The molecule has 3 aromatic rings. The van der Waals surface area contributed by atoms with Gasteiger partial charge in [0.25, 0.3) is 0 Å². The summed E-state index contributed by atoms with van der Waals surface area (Å²) in [5, 5.41) is 2.77. The Labute approximate surface area is 143 Å². The van der Waals surface area contributed by atoms with Crippen molar-refractivity contribution in [3.63, 3.8) is 0 Å². The minimum absolute atomic E-state index is 0.518. The maximum atomic E-state index is 2.36. The van der Waals surface area contributed by atoms with E-state index in [0.717, 1.165) is 6.42 Å². The lowest BCUT2D eigenvalue weighted by molar-refractivity contribution is 0.724. The van der Waals surface area contributed by atoms with Crippen molar-refractivity contribution in [2.24, 2.45) is 0 Å². The van der Waals surface area contributed by atoms with E-state index in [0.29, 0.717) is 5.92 Å². The maximum absolute atomic E-state index is 2.36. The predicted octanol–water partition coefficient (Wildman–Crippen LogP) is 6.28. The fraction of sp³-hybridized carbons (Fsp3) is 0.167. The van der Waals surface area contributed by atoms with Crippen molar-refractivity contribution in [2.75, 3.05) is 0 Å². The van der Waals surface area contributed by atoms with Gasteiger partial charge in [-0.05, 0) is 52.3 Å². The van der Waals surface area contributed by atoms with E-state index in [-0.39, 0.29) is 0 Å². The summed E-state index contributed by atoms with van der Waals surface area (Å²) in [4.78, 5) is 0. The lowest BCUT2D eigenvalue weighted by atomic mass is 9.71. The number of hydrogen-bond donors (Lipinski definition) is 0. The Balaban J connectivity index is 1.78. The summed E-state index contributed by atoms with van der Waals surface area (Å²) in [6, 6.07) is 24.5. The van der Waals surface area contributed by atoms with Gasteiger partial charge in [-0.15, -0.1) is 0 Å². The van der Waals surface area contributed by atoms with Gasteiger partial charge in [0.05, 0.1) is 0 Å². The molecule has 0 saturated carbocycles. The number of hydrogen-bond acceptors (Lipinski definition) is 0. The third kappa shape index (κ3) is 2.06. The molecule has 0 heteroatoms. The third-order valence-electron chi connectivity index (χ3n) is 5.57. The third-order valence-corrected chi connectivity index (χ3v) is 5.57. The molecule has 0 radical (unpaired) electrons. The largest absolute Gasteiger partial charge is 0.0836 e. The number of rotatable bonds is 1. The first-order valence-electron chi connectivity index (χ1n) is 8.87. The van der Waals surface area contributed by atoms with Crippen molar-refractivity contribution < 1.29 is 0 Å². The zero-order chi connectivity index (χ0) is 15.9. The molecule has 0 nitrogen and oxygen atoms in total. The summed E-state index contributed by atoms with van der Waals surface area (Å²) in [6.45, 7) is 0. The van der Waals surface area contributed by atoms with Crippen LogP contribution in [-0.4, -0.2) is 0 Å². The molecule has 0 spiro atoms. The van der Waals surface area contributed by atoms with Crippen LogP contribution >= 0.6 is 0 Å². The van der Waals surface area contributed by atoms with Crippen LogP contribution in [0.15, 0.2) is 84.5 Å². The Kier molecular flexibility index (Phi) is 3.16. The summed E-state index contributed by atoms with van der Waals surface area (Å²) < 4.78 is 0. The molecule has 1 unspecified atom stereocenters. The van der Waals surface area contributed by atoms with Crippen LogP contribution in [0.1, 0.15) is 35.4 Å². The van der Waals surface area contributed by atoms with Gasteiger partial charge in [-0.3, -0.25) is 0 Å². The molecule has 24 heavy (non-hydrogen) atoms. The highest BCUT2D eigenvalue weighted by molar-refractivity contribution is 5.94. The van der Waals surface area contributed by atoms with Gasteiger partial charge in [-0.1, -0.05) is 84.5 Å². The van der Waals surface area contributed by atoms with E-state index >= 15 is 0 Å². The summed E-state index contributed by atoms with van der Waals surface area (Å²) in [5.41, 5.74) is 7.53. The summed E-state index contributed by atoms with van der Waals surface area (Å²) >= 11 is 0. The smallest absolute Gasteiger partial charge is 0.00983 e. The van der Waals surface area contributed by atoms with Gasteiger partial charge < -0.3 is 0 Å². The van der Waals surface area contributed by atoms with Crippen molar-refractivity contribution in [3.05, 3.63) is 101 Å². The molecular weight excluding hydrogens is 288 g/mol. The molecule has 5 rings (SSSR count). The van der Waals surface area contributed by atoms with Crippen LogP contribution in [0.25, 0.3) is 16.3 Å². The van der Waals surface area contributed by atoms with Crippen LogP contribution in [0.4, 0.5) is 0 Å². The van der Waals surface area contributed by atoms with Crippen molar-refractivity contribution in [3.8, 4) is 0 Å². The van der Waals surface area contributed by atoms with E-state index in [1.165, 1.54) is 45.9 Å². The van der Waals surface area contributed by atoms with Crippen LogP contribution in [0.2, 0.25) is 0 Å². The average molecular weight is 308 g/mol. The Bertz CT molecular complexity index is 973. The summed E-state index contributed by atoms with van der Waals surface area (Å²) in [5.74, 6) is 0.518. The van der Waals surface area contributed by atoms with Crippen LogP contribution < -0.4 is 0 Å². The molecule has 0 heterocycles. The molecule has 0 bridgehead atoms. The van der Waals surface area contributed by atoms with Crippen LogP contribution in [0.3, 0.4) is 0 Å². The highest BCUT2D eigenvalue weighted by Gasteiger charge is 2.29. The van der Waals surface area contributed by atoms with Gasteiger partial charge >= 0.3 is 0 Å². The van der Waals surface area contributed by atoms with Gasteiger partial charge in [0.1, 0.15) is 0 Å². The van der Waals surface area contributed by atoms with E-state index in [2.05, 4.69) is 78.9 Å². The van der Waals surface area contributed by atoms with Crippen molar-refractivity contribution >= 4 is 16.3 Å². The van der Waals surface area contributed by atoms with E-state index in [9.17, 15) is 0 Å². The summed E-state index contributed by atoms with van der Waals surface area (Å²) in [7, 11) is 0. The molecule has 0 fully saturated rings. The topological polar surface area (TPSA) is 0 Å². The quantitative estimate of drug-likeness (QED) is 0.496. The maximum Gasteiger partial charge on any atom is 0.00983 e. The van der Waals surface area contributed by atoms with E-state index in [1.54, 1.807) is 5.57 Å². The molecule has 2 aliphatic carbocycles. The molecular formula is C24H20. The minimum atomic E-state index is 0.518. The van der Waals surface area contributed by atoms with Crippen molar-refractivity contribution in [1.82, 2.24) is 0 Å². The second-order valence-corrected chi connectivity index (χ2v) is 6.86. The van der Waals surface area contributed by atoms with E-state index in [4.69, 9.17) is 0 Å². The van der Waals surface area contributed by atoms with Gasteiger partial charge in [0.2, 0.25) is 0 Å². The predicted molar refractivity (Wildman–Crippen MR) is 102 cm³/mol. The molecule has 0 N–H and O–H groups in total. The van der Waals surface area contributed by atoms with Gasteiger partial charge in [-0.25, -0.2) is 0 Å². The molecule has 2 aliphatic rings. The Morgan fingerprint density at radius 1 is 0.792 bits per heavy atom. The SMILES string of the molecule is C1=CC2=C(CC1)C(c1ccccc1)Cc1c2ccc2ccccc12. The van der Waals surface area contributed by atoms with Gasteiger partial charge in [-0.2, -0.15) is 0 Å². The van der Waals surface area contributed by atoms with Crippen molar-refractivity contribution in [1.29, 1.82) is 0 Å². The minimum Gasteiger partial charge on any atom is -0.0836 e. The fourth-order valence-corrected chi connectivity index (χ4v) is 4.45.